The van der Waals surface area contributed by atoms with Gasteiger partial charge in [-0.05, 0) is 46.5 Å². The topological polar surface area (TPSA) is 198 Å². The van der Waals surface area contributed by atoms with Crippen LogP contribution in [0, 0.1) is 0 Å². The molecule has 2 aliphatic heterocycles. The van der Waals surface area contributed by atoms with Gasteiger partial charge >= 0.3 is 71.1 Å². The molecule has 0 bridgehead atoms. The van der Waals surface area contributed by atoms with Gasteiger partial charge in [-0.2, -0.15) is 11.0 Å². The first-order chi connectivity index (χ1) is 23.1. The summed E-state index contributed by atoms with van der Waals surface area (Å²) in [5.41, 5.74) is 4.69. The predicted octanol–water partition coefficient (Wildman–Crippen LogP) is -2.13. The third-order valence-electron chi connectivity index (χ3n) is 7.14. The number of sulfone groups is 2. The SMILES string of the molecule is CS(=O)(=O)c1ccc(C2=C(c3ccccc3)C(=O)OC2)cc1.CS(=O)(=O)c1ccc(C2=C(c3ccccc3)C(=O)OC2O)cc1.O=[S-](=O)[O-].[Na+].[Na+]. The molecule has 0 aliphatic carbocycles. The number of benzene rings is 4. The molecule has 12 nitrogen and oxygen atoms in total. The fourth-order valence-corrected chi connectivity index (χ4v) is 6.19. The maximum Gasteiger partial charge on any atom is 1.00 e. The maximum absolute atomic E-state index is 12.1. The van der Waals surface area contributed by atoms with E-state index in [4.69, 9.17) is 22.4 Å². The van der Waals surface area contributed by atoms with Gasteiger partial charge in [0, 0.05) is 23.7 Å². The Morgan fingerprint density at radius 3 is 1.43 bits per heavy atom. The van der Waals surface area contributed by atoms with Crippen molar-refractivity contribution in [3.8, 4) is 0 Å². The van der Waals surface area contributed by atoms with E-state index in [1.165, 1.54) is 18.4 Å². The number of esters is 2. The van der Waals surface area contributed by atoms with E-state index in [1.54, 1.807) is 60.7 Å². The van der Waals surface area contributed by atoms with Crippen LogP contribution in [0.1, 0.15) is 22.3 Å². The Labute approximate surface area is 341 Å². The second kappa shape index (κ2) is 19.2. The van der Waals surface area contributed by atoms with Gasteiger partial charge in [0.15, 0.2) is 19.7 Å². The molecule has 51 heavy (non-hydrogen) atoms. The number of hydrogen-bond acceptors (Lipinski definition) is 13. The average molecular weight is 771 g/mol. The van der Waals surface area contributed by atoms with Gasteiger partial charge in [-0.15, -0.1) is 0 Å². The number of carbonyl (C=O) groups excluding carboxylic acids is 2. The van der Waals surface area contributed by atoms with Crippen LogP contribution in [0.25, 0.3) is 22.3 Å². The summed E-state index contributed by atoms with van der Waals surface area (Å²) in [5, 5.41) is 10.1. The van der Waals surface area contributed by atoms with Gasteiger partial charge in [-0.3, -0.25) is 0 Å². The van der Waals surface area contributed by atoms with Crippen molar-refractivity contribution in [2.24, 2.45) is 0 Å². The maximum atomic E-state index is 12.1. The summed E-state index contributed by atoms with van der Waals surface area (Å²) in [7, 11) is -9.65. The van der Waals surface area contributed by atoms with E-state index in [2.05, 4.69) is 0 Å². The van der Waals surface area contributed by atoms with E-state index >= 15 is 0 Å². The van der Waals surface area contributed by atoms with Crippen molar-refractivity contribution in [2.45, 2.75) is 16.1 Å². The number of ether oxygens (including phenoxy) is 2. The first-order valence-corrected chi connectivity index (χ1v) is 18.9. The molecule has 0 amide bonds. The number of cyclic esters (lactones) is 2. The molecule has 1 N–H and O–H groups in total. The van der Waals surface area contributed by atoms with Gasteiger partial charge in [0.25, 0.3) is 0 Å². The van der Waals surface area contributed by atoms with Crippen LogP contribution in [0.4, 0.5) is 0 Å². The Kier molecular flexibility index (Phi) is 16.7. The molecular weight excluding hydrogens is 743 g/mol. The minimum Gasteiger partial charge on any atom is -0.917 e. The summed E-state index contributed by atoms with van der Waals surface area (Å²) < 4.78 is 81.5. The summed E-state index contributed by atoms with van der Waals surface area (Å²) in [6.45, 7) is 0.196. The van der Waals surface area contributed by atoms with Crippen molar-refractivity contribution in [1.29, 1.82) is 0 Å². The fourth-order valence-electron chi connectivity index (χ4n) is 4.93. The van der Waals surface area contributed by atoms with Gasteiger partial charge in [0.2, 0.25) is 6.29 Å². The molecule has 0 aromatic heterocycles. The first-order valence-electron chi connectivity index (χ1n) is 14.1. The Bertz CT molecular complexity index is 2210. The Hall–Kier alpha value is -2.93. The third kappa shape index (κ3) is 11.8. The molecular formula is C34H28Na2O12S3. The summed E-state index contributed by atoms with van der Waals surface area (Å²) >= 11 is 0. The van der Waals surface area contributed by atoms with E-state index in [-0.39, 0.29) is 87.1 Å². The molecule has 2 heterocycles. The zero-order valence-corrected chi connectivity index (χ0v) is 34.3. The van der Waals surface area contributed by atoms with Crippen LogP contribution in [-0.4, -0.2) is 63.8 Å². The quantitative estimate of drug-likeness (QED) is 0.0736. The molecule has 256 valence electrons. The van der Waals surface area contributed by atoms with Gasteiger partial charge in [-0.1, -0.05) is 84.9 Å². The monoisotopic (exact) mass is 770 g/mol. The molecule has 0 saturated heterocycles. The molecule has 6 rings (SSSR count). The van der Waals surface area contributed by atoms with Crippen LogP contribution < -0.4 is 59.1 Å². The van der Waals surface area contributed by atoms with Crippen LogP contribution in [0.5, 0.6) is 0 Å². The predicted molar refractivity (Wildman–Crippen MR) is 178 cm³/mol. The van der Waals surface area contributed by atoms with Crippen LogP contribution >= 0.6 is 0 Å². The molecule has 0 fully saturated rings. The van der Waals surface area contributed by atoms with Crippen LogP contribution in [0.2, 0.25) is 0 Å². The summed E-state index contributed by atoms with van der Waals surface area (Å²) in [4.78, 5) is 24.5. The van der Waals surface area contributed by atoms with Gasteiger partial charge in [-0.25, -0.2) is 26.4 Å². The van der Waals surface area contributed by atoms with E-state index < -0.39 is 42.9 Å². The summed E-state index contributed by atoms with van der Waals surface area (Å²) in [6, 6.07) is 30.7. The number of carbonyl (C=O) groups is 2. The number of aliphatic hydroxyl groups excluding tert-OH is 1. The zero-order chi connectivity index (χ0) is 35.9. The molecule has 1 unspecified atom stereocenters. The third-order valence-corrected chi connectivity index (χ3v) is 9.40. The van der Waals surface area contributed by atoms with E-state index in [0.29, 0.717) is 22.3 Å². The van der Waals surface area contributed by atoms with E-state index in [0.717, 1.165) is 23.0 Å². The van der Waals surface area contributed by atoms with Crippen molar-refractivity contribution in [1.82, 2.24) is 0 Å². The summed E-state index contributed by atoms with van der Waals surface area (Å²) in [6.07, 6.45) is 0.911. The largest absolute Gasteiger partial charge is 1.00 e. The van der Waals surface area contributed by atoms with E-state index in [1.807, 2.05) is 36.4 Å². The van der Waals surface area contributed by atoms with Crippen molar-refractivity contribution < 1.29 is 113 Å². The minimum absolute atomic E-state index is 0. The van der Waals surface area contributed by atoms with Crippen molar-refractivity contribution in [3.05, 3.63) is 131 Å². The van der Waals surface area contributed by atoms with E-state index in [9.17, 15) is 31.5 Å². The second-order valence-electron chi connectivity index (χ2n) is 10.5. The van der Waals surface area contributed by atoms with Crippen molar-refractivity contribution >= 4 is 64.9 Å². The molecule has 4 aromatic carbocycles. The zero-order valence-electron chi connectivity index (χ0n) is 27.8. The van der Waals surface area contributed by atoms with Crippen LogP contribution in [0.15, 0.2) is 119 Å². The van der Waals surface area contributed by atoms with Crippen LogP contribution in [-0.2, 0) is 58.1 Å². The Balaban J connectivity index is 0.000000309. The Morgan fingerprint density at radius 2 is 1.02 bits per heavy atom. The normalized spacial score (nSPS) is 15.4. The van der Waals surface area contributed by atoms with Gasteiger partial charge in [0.05, 0.1) is 20.9 Å². The fraction of sp³-hybridized carbons (Fsp3) is 0.118. The number of rotatable bonds is 6. The number of hydrogen-bond donors (Lipinski definition) is 1. The van der Waals surface area contributed by atoms with Gasteiger partial charge < -0.3 is 27.6 Å². The molecule has 17 heteroatoms. The smallest absolute Gasteiger partial charge is 0.917 e. The van der Waals surface area contributed by atoms with Gasteiger partial charge in [0.1, 0.15) is 6.61 Å². The van der Waals surface area contributed by atoms with Crippen molar-refractivity contribution in [2.75, 3.05) is 19.1 Å². The molecule has 4 aromatic rings. The van der Waals surface area contributed by atoms with Crippen molar-refractivity contribution in [3.63, 3.8) is 0 Å². The molecule has 0 saturated carbocycles. The second-order valence-corrected chi connectivity index (χ2v) is 14.9. The Morgan fingerprint density at radius 1 is 0.627 bits per heavy atom. The molecule has 2 aliphatic rings. The standard InChI is InChI=1S/C17H14O5S.C17H14O4S.2Na.O3S/c1-23(20,21)13-9-7-12(8-10-13)15-14(16(18)22-17(15)19)11-5-3-2-4-6-11;1-22(19,20)14-9-7-12(8-10-14)15-11-21-17(18)16(15)13-5-3-2-4-6-13;;;1-4(2)3/h2-10,17,19H,1H3;2-10H,11H2,1H3;;;/q;;2*+1;-2. The molecule has 0 spiro atoms. The number of aliphatic hydroxyl groups is 1. The molecule has 0 radical (unpaired) electrons. The van der Waals surface area contributed by atoms with Crippen LogP contribution in [0.3, 0.4) is 0 Å². The first kappa shape index (κ1) is 44.2. The summed E-state index contributed by atoms with van der Waals surface area (Å²) in [5.74, 6) is -0.959. The minimum atomic E-state index is -3.31. The molecule has 1 atom stereocenters. The average Bonchev–Trinajstić information content (AvgIpc) is 3.59.